The van der Waals surface area contributed by atoms with Crippen molar-refractivity contribution in [3.8, 4) is 0 Å². The van der Waals surface area contributed by atoms with Gasteiger partial charge in [-0.1, -0.05) is 13.8 Å². The van der Waals surface area contributed by atoms with Crippen LogP contribution in [0, 0.1) is 5.92 Å². The van der Waals surface area contributed by atoms with Crippen molar-refractivity contribution in [3.05, 3.63) is 18.0 Å². The first-order valence-corrected chi connectivity index (χ1v) is 4.76. The van der Waals surface area contributed by atoms with Gasteiger partial charge in [0, 0.05) is 19.2 Å². The van der Waals surface area contributed by atoms with Crippen LogP contribution in [-0.2, 0) is 22.6 Å². The van der Waals surface area contributed by atoms with E-state index in [1.54, 1.807) is 10.9 Å². The number of carbonyl (C=O) groups excluding carboxylic acids is 1. The molecule has 1 aromatic heterocycles. The zero-order valence-electron chi connectivity index (χ0n) is 8.80. The van der Waals surface area contributed by atoms with Gasteiger partial charge in [-0.2, -0.15) is 5.10 Å². The van der Waals surface area contributed by atoms with E-state index in [1.165, 1.54) is 6.20 Å². The molecule has 0 aromatic carbocycles. The molecular formula is C10H14N2O3. The number of hydrogen-bond acceptors (Lipinski definition) is 3. The summed E-state index contributed by atoms with van der Waals surface area (Å²) in [5, 5.41) is 12.5. The first kappa shape index (κ1) is 11.4. The molecule has 0 unspecified atom stereocenters. The SMILES string of the molecule is CC(C)Cn1cc(CC(=O)C(=O)O)cn1. The Kier molecular flexibility index (Phi) is 3.60. The van der Waals surface area contributed by atoms with Crippen molar-refractivity contribution in [2.75, 3.05) is 0 Å². The highest BCUT2D eigenvalue weighted by Crippen LogP contribution is 2.03. The van der Waals surface area contributed by atoms with Crippen molar-refractivity contribution in [1.29, 1.82) is 0 Å². The Hall–Kier alpha value is -1.65. The van der Waals surface area contributed by atoms with Crippen LogP contribution in [0.15, 0.2) is 12.4 Å². The van der Waals surface area contributed by atoms with Crippen LogP contribution < -0.4 is 0 Å². The van der Waals surface area contributed by atoms with E-state index in [9.17, 15) is 9.59 Å². The predicted molar refractivity (Wildman–Crippen MR) is 53.4 cm³/mol. The minimum atomic E-state index is -1.40. The lowest BCUT2D eigenvalue weighted by Gasteiger charge is -2.03. The summed E-state index contributed by atoms with van der Waals surface area (Å²) in [6.07, 6.45) is 3.15. The number of carboxylic acid groups (broad SMARTS) is 1. The Morgan fingerprint density at radius 2 is 2.20 bits per heavy atom. The number of aliphatic carboxylic acids is 1. The van der Waals surface area contributed by atoms with Crippen molar-refractivity contribution in [2.24, 2.45) is 5.92 Å². The lowest BCUT2D eigenvalue weighted by molar-refractivity contribution is -0.148. The molecule has 0 bridgehead atoms. The number of hydrogen-bond donors (Lipinski definition) is 1. The normalized spacial score (nSPS) is 10.6. The Labute approximate surface area is 87.7 Å². The Balaban J connectivity index is 2.60. The van der Waals surface area contributed by atoms with Crippen LogP contribution in [-0.4, -0.2) is 26.6 Å². The van der Waals surface area contributed by atoms with Crippen molar-refractivity contribution in [3.63, 3.8) is 0 Å². The van der Waals surface area contributed by atoms with Crippen molar-refractivity contribution in [1.82, 2.24) is 9.78 Å². The van der Waals surface area contributed by atoms with Crippen LogP contribution in [0.4, 0.5) is 0 Å². The molecular weight excluding hydrogens is 196 g/mol. The topological polar surface area (TPSA) is 72.2 Å². The third-order valence-electron chi connectivity index (χ3n) is 1.84. The van der Waals surface area contributed by atoms with E-state index >= 15 is 0 Å². The molecule has 0 fully saturated rings. The number of carboxylic acids is 1. The average Bonchev–Trinajstić information content (AvgIpc) is 2.51. The average molecular weight is 210 g/mol. The van der Waals surface area contributed by atoms with Gasteiger partial charge in [0.05, 0.1) is 6.20 Å². The molecule has 0 saturated heterocycles. The summed E-state index contributed by atoms with van der Waals surface area (Å²) < 4.78 is 1.72. The minimum absolute atomic E-state index is 0.0899. The van der Waals surface area contributed by atoms with Gasteiger partial charge in [-0.15, -0.1) is 0 Å². The van der Waals surface area contributed by atoms with Gasteiger partial charge in [0.15, 0.2) is 0 Å². The van der Waals surface area contributed by atoms with E-state index < -0.39 is 11.8 Å². The Bertz CT molecular complexity index is 368. The van der Waals surface area contributed by atoms with Crippen molar-refractivity contribution >= 4 is 11.8 Å². The molecule has 0 aliphatic carbocycles. The molecule has 82 valence electrons. The summed E-state index contributed by atoms with van der Waals surface area (Å²) in [7, 11) is 0. The van der Waals surface area contributed by atoms with E-state index in [0.29, 0.717) is 11.5 Å². The van der Waals surface area contributed by atoms with Gasteiger partial charge in [-0.05, 0) is 11.5 Å². The Morgan fingerprint density at radius 3 is 2.73 bits per heavy atom. The van der Waals surface area contributed by atoms with Gasteiger partial charge in [0.1, 0.15) is 0 Å². The van der Waals surface area contributed by atoms with Crippen LogP contribution in [0.1, 0.15) is 19.4 Å². The summed E-state index contributed by atoms with van der Waals surface area (Å²) >= 11 is 0. The zero-order chi connectivity index (χ0) is 11.4. The highest BCUT2D eigenvalue weighted by atomic mass is 16.4. The second-order valence-electron chi connectivity index (χ2n) is 3.87. The van der Waals surface area contributed by atoms with E-state index in [1.807, 2.05) is 0 Å². The van der Waals surface area contributed by atoms with Crippen molar-refractivity contribution in [2.45, 2.75) is 26.8 Å². The van der Waals surface area contributed by atoms with Gasteiger partial charge in [0.2, 0.25) is 5.78 Å². The van der Waals surface area contributed by atoms with E-state index in [4.69, 9.17) is 5.11 Å². The lowest BCUT2D eigenvalue weighted by Crippen LogP contribution is -2.14. The molecule has 0 radical (unpaired) electrons. The quantitative estimate of drug-likeness (QED) is 0.727. The smallest absolute Gasteiger partial charge is 0.372 e. The molecule has 1 N–H and O–H groups in total. The van der Waals surface area contributed by atoms with Crippen LogP contribution in [0.25, 0.3) is 0 Å². The fourth-order valence-corrected chi connectivity index (χ4v) is 1.23. The van der Waals surface area contributed by atoms with Crippen LogP contribution in [0.5, 0.6) is 0 Å². The standard InChI is InChI=1S/C10H14N2O3/c1-7(2)5-12-6-8(4-11-12)3-9(13)10(14)15/h4,6-7H,3,5H2,1-2H3,(H,14,15). The molecule has 5 heteroatoms. The van der Waals surface area contributed by atoms with Gasteiger partial charge < -0.3 is 5.11 Å². The molecule has 0 aliphatic rings. The molecule has 5 nitrogen and oxygen atoms in total. The largest absolute Gasteiger partial charge is 0.475 e. The van der Waals surface area contributed by atoms with Crippen LogP contribution in [0.3, 0.4) is 0 Å². The second kappa shape index (κ2) is 4.72. The van der Waals surface area contributed by atoms with Gasteiger partial charge in [-0.25, -0.2) is 4.79 Å². The first-order chi connectivity index (χ1) is 6.99. The molecule has 0 atom stereocenters. The molecule has 15 heavy (non-hydrogen) atoms. The molecule has 0 saturated carbocycles. The maximum absolute atomic E-state index is 10.9. The van der Waals surface area contributed by atoms with Gasteiger partial charge >= 0.3 is 5.97 Å². The summed E-state index contributed by atoms with van der Waals surface area (Å²) in [5.74, 6) is -1.74. The van der Waals surface area contributed by atoms with E-state index in [-0.39, 0.29) is 6.42 Å². The number of rotatable bonds is 5. The number of ketones is 1. The molecule has 0 spiro atoms. The molecule has 0 amide bonds. The lowest BCUT2D eigenvalue weighted by atomic mass is 10.2. The zero-order valence-corrected chi connectivity index (χ0v) is 8.80. The summed E-state index contributed by atoms with van der Waals surface area (Å²) in [6, 6.07) is 0. The first-order valence-electron chi connectivity index (χ1n) is 4.76. The summed E-state index contributed by atoms with van der Waals surface area (Å²) in [5.41, 5.74) is 0.642. The highest BCUT2D eigenvalue weighted by Gasteiger charge is 2.13. The summed E-state index contributed by atoms with van der Waals surface area (Å²) in [4.78, 5) is 21.2. The molecule has 1 heterocycles. The van der Waals surface area contributed by atoms with Crippen LogP contribution in [0.2, 0.25) is 0 Å². The second-order valence-corrected chi connectivity index (χ2v) is 3.87. The minimum Gasteiger partial charge on any atom is -0.475 e. The maximum Gasteiger partial charge on any atom is 0.372 e. The fourth-order valence-electron chi connectivity index (χ4n) is 1.23. The van der Waals surface area contributed by atoms with Gasteiger partial charge in [-0.3, -0.25) is 9.48 Å². The number of nitrogens with zero attached hydrogens (tertiary/aromatic N) is 2. The van der Waals surface area contributed by atoms with E-state index in [2.05, 4.69) is 18.9 Å². The van der Waals surface area contributed by atoms with Crippen molar-refractivity contribution < 1.29 is 14.7 Å². The highest BCUT2D eigenvalue weighted by molar-refractivity contribution is 6.33. The van der Waals surface area contributed by atoms with Gasteiger partial charge in [0.25, 0.3) is 0 Å². The van der Waals surface area contributed by atoms with E-state index in [0.717, 1.165) is 6.54 Å². The summed E-state index contributed by atoms with van der Waals surface area (Å²) in [6.45, 7) is 4.88. The number of Topliss-reactive ketones (excluding diaryl/α,β-unsaturated/α-hetero) is 1. The molecule has 1 rings (SSSR count). The number of aromatic nitrogens is 2. The monoisotopic (exact) mass is 210 g/mol. The van der Waals surface area contributed by atoms with Crippen LogP contribution >= 0.6 is 0 Å². The number of carbonyl (C=O) groups is 2. The third kappa shape index (κ3) is 3.53. The predicted octanol–water partition coefficient (Wildman–Crippen LogP) is 0.735. The third-order valence-corrected chi connectivity index (χ3v) is 1.84. The fraction of sp³-hybridized carbons (Fsp3) is 0.500. The Morgan fingerprint density at radius 1 is 1.53 bits per heavy atom. The molecule has 0 aliphatic heterocycles. The maximum atomic E-state index is 10.9. The molecule has 1 aromatic rings.